The van der Waals surface area contributed by atoms with E-state index in [1.54, 1.807) is 11.8 Å². The summed E-state index contributed by atoms with van der Waals surface area (Å²) in [6.07, 6.45) is 2.11. The highest BCUT2D eigenvalue weighted by molar-refractivity contribution is 9.10. The first kappa shape index (κ1) is 15.7. The summed E-state index contributed by atoms with van der Waals surface area (Å²) in [7, 11) is 0. The molecule has 3 aromatic rings. The summed E-state index contributed by atoms with van der Waals surface area (Å²) in [5.74, 6) is 0. The first-order valence-corrected chi connectivity index (χ1v) is 9.27. The van der Waals surface area contributed by atoms with Gasteiger partial charge in [0, 0.05) is 14.4 Å². The van der Waals surface area contributed by atoms with Crippen LogP contribution >= 0.6 is 39.3 Å². The predicted molar refractivity (Wildman–Crippen MR) is 102 cm³/mol. The third-order valence-corrected chi connectivity index (χ3v) is 5.08. The molecule has 0 aliphatic heterocycles. The number of halogens is 2. The Hall–Kier alpha value is -1.22. The van der Waals surface area contributed by atoms with Crippen molar-refractivity contribution in [3.8, 4) is 22.3 Å². The summed E-state index contributed by atoms with van der Waals surface area (Å²) in [5, 5.41) is 0.758. The normalized spacial score (nSPS) is 10.7. The van der Waals surface area contributed by atoms with Crippen LogP contribution in [-0.4, -0.2) is 6.26 Å². The van der Waals surface area contributed by atoms with Crippen LogP contribution in [-0.2, 0) is 0 Å². The lowest BCUT2D eigenvalue weighted by molar-refractivity contribution is 1.43. The maximum absolute atomic E-state index is 6.01. The second-order valence-electron chi connectivity index (χ2n) is 4.90. The topological polar surface area (TPSA) is 0 Å². The maximum Gasteiger partial charge on any atom is 0.0406 e. The lowest BCUT2D eigenvalue weighted by Gasteiger charge is -2.14. The Kier molecular flexibility index (Phi) is 4.92. The lowest BCUT2D eigenvalue weighted by Crippen LogP contribution is -1.87. The van der Waals surface area contributed by atoms with Gasteiger partial charge in [-0.05, 0) is 58.8 Å². The van der Waals surface area contributed by atoms with E-state index in [9.17, 15) is 0 Å². The van der Waals surface area contributed by atoms with Gasteiger partial charge in [-0.15, -0.1) is 11.8 Å². The second kappa shape index (κ2) is 6.91. The minimum Gasteiger partial charge on any atom is -0.129 e. The van der Waals surface area contributed by atoms with Gasteiger partial charge in [0.1, 0.15) is 0 Å². The summed E-state index contributed by atoms with van der Waals surface area (Å²) in [6.45, 7) is 0. The van der Waals surface area contributed by atoms with Crippen LogP contribution in [0.15, 0.2) is 76.1 Å². The van der Waals surface area contributed by atoms with E-state index in [-0.39, 0.29) is 0 Å². The van der Waals surface area contributed by atoms with Crippen LogP contribution in [0.2, 0.25) is 5.02 Å². The number of thioether (sulfide) groups is 1. The van der Waals surface area contributed by atoms with Crippen molar-refractivity contribution in [2.75, 3.05) is 6.26 Å². The van der Waals surface area contributed by atoms with Crippen LogP contribution < -0.4 is 0 Å². The molecule has 0 fully saturated rings. The highest BCUT2D eigenvalue weighted by atomic mass is 79.9. The van der Waals surface area contributed by atoms with Crippen molar-refractivity contribution in [1.82, 2.24) is 0 Å². The fourth-order valence-corrected chi connectivity index (χ4v) is 3.57. The zero-order valence-corrected chi connectivity index (χ0v) is 15.2. The van der Waals surface area contributed by atoms with Crippen LogP contribution in [0.1, 0.15) is 0 Å². The Morgan fingerprint density at radius 3 is 2.18 bits per heavy atom. The fraction of sp³-hybridized carbons (Fsp3) is 0.0526. The number of benzene rings is 3. The summed E-state index contributed by atoms with van der Waals surface area (Å²) in [5.41, 5.74) is 4.86. The standard InChI is InChI=1S/C19H14BrClS/c1-22-19-11-8-14(20)12-18(19)17-5-3-2-4-16(17)13-6-9-15(21)10-7-13/h2-12H,1H3. The predicted octanol–water partition coefficient (Wildman–Crippen LogP) is 7.16. The van der Waals surface area contributed by atoms with Gasteiger partial charge in [0.2, 0.25) is 0 Å². The van der Waals surface area contributed by atoms with Crippen LogP contribution in [0.3, 0.4) is 0 Å². The summed E-state index contributed by atoms with van der Waals surface area (Å²) in [4.78, 5) is 1.27. The molecular weight excluding hydrogens is 376 g/mol. The molecule has 0 saturated heterocycles. The molecule has 3 heteroatoms. The molecular formula is C19H14BrClS. The van der Waals surface area contributed by atoms with Gasteiger partial charge in [-0.2, -0.15) is 0 Å². The molecule has 0 aliphatic rings. The van der Waals surface area contributed by atoms with Gasteiger partial charge in [-0.3, -0.25) is 0 Å². The molecule has 0 unspecified atom stereocenters. The average Bonchev–Trinajstić information content (AvgIpc) is 2.55. The molecule has 0 aliphatic carbocycles. The third kappa shape index (κ3) is 3.24. The molecule has 0 saturated carbocycles. The minimum absolute atomic E-state index is 0.758. The molecule has 0 atom stereocenters. The molecule has 0 amide bonds. The Morgan fingerprint density at radius 2 is 1.50 bits per heavy atom. The number of hydrogen-bond acceptors (Lipinski definition) is 1. The van der Waals surface area contributed by atoms with E-state index in [1.807, 2.05) is 12.1 Å². The van der Waals surface area contributed by atoms with Crippen molar-refractivity contribution in [3.05, 3.63) is 76.2 Å². The SMILES string of the molecule is CSc1ccc(Br)cc1-c1ccccc1-c1ccc(Cl)cc1. The minimum atomic E-state index is 0.758. The molecule has 0 radical (unpaired) electrons. The molecule has 0 heterocycles. The molecule has 0 aromatic heterocycles. The first-order valence-electron chi connectivity index (χ1n) is 6.88. The van der Waals surface area contributed by atoms with E-state index in [0.29, 0.717) is 0 Å². The zero-order chi connectivity index (χ0) is 15.5. The van der Waals surface area contributed by atoms with Crippen molar-refractivity contribution in [2.45, 2.75) is 4.90 Å². The van der Waals surface area contributed by atoms with Crippen LogP contribution in [0.5, 0.6) is 0 Å². The molecule has 0 nitrogen and oxygen atoms in total. The Balaban J connectivity index is 2.21. The van der Waals surface area contributed by atoms with E-state index in [2.05, 4.69) is 76.8 Å². The third-order valence-electron chi connectivity index (χ3n) is 3.53. The van der Waals surface area contributed by atoms with Crippen molar-refractivity contribution >= 4 is 39.3 Å². The average molecular weight is 390 g/mol. The lowest BCUT2D eigenvalue weighted by atomic mass is 9.95. The Morgan fingerprint density at radius 1 is 0.818 bits per heavy atom. The molecule has 3 aromatic carbocycles. The van der Waals surface area contributed by atoms with E-state index in [1.165, 1.54) is 27.1 Å². The fourth-order valence-electron chi connectivity index (χ4n) is 2.49. The van der Waals surface area contributed by atoms with E-state index >= 15 is 0 Å². The molecule has 22 heavy (non-hydrogen) atoms. The van der Waals surface area contributed by atoms with E-state index < -0.39 is 0 Å². The molecule has 3 rings (SSSR count). The van der Waals surface area contributed by atoms with Crippen molar-refractivity contribution < 1.29 is 0 Å². The summed E-state index contributed by atoms with van der Waals surface area (Å²) in [6, 6.07) is 22.9. The van der Waals surface area contributed by atoms with Crippen molar-refractivity contribution in [3.63, 3.8) is 0 Å². The van der Waals surface area contributed by atoms with E-state index in [4.69, 9.17) is 11.6 Å². The van der Waals surface area contributed by atoms with Crippen LogP contribution in [0.25, 0.3) is 22.3 Å². The van der Waals surface area contributed by atoms with Crippen LogP contribution in [0.4, 0.5) is 0 Å². The smallest absolute Gasteiger partial charge is 0.0406 e. The highest BCUT2D eigenvalue weighted by Crippen LogP contribution is 2.38. The van der Waals surface area contributed by atoms with Gasteiger partial charge in [0.25, 0.3) is 0 Å². The van der Waals surface area contributed by atoms with Crippen LogP contribution in [0, 0.1) is 0 Å². The van der Waals surface area contributed by atoms with Gasteiger partial charge in [-0.25, -0.2) is 0 Å². The first-order chi connectivity index (χ1) is 10.7. The Labute approximate surface area is 148 Å². The Bertz CT molecular complexity index is 797. The highest BCUT2D eigenvalue weighted by Gasteiger charge is 2.11. The van der Waals surface area contributed by atoms with Gasteiger partial charge < -0.3 is 0 Å². The number of hydrogen-bond donors (Lipinski definition) is 0. The summed E-state index contributed by atoms with van der Waals surface area (Å²) < 4.78 is 1.09. The largest absolute Gasteiger partial charge is 0.129 e. The number of rotatable bonds is 3. The zero-order valence-electron chi connectivity index (χ0n) is 12.0. The monoisotopic (exact) mass is 388 g/mol. The van der Waals surface area contributed by atoms with Gasteiger partial charge in [-0.1, -0.05) is 63.9 Å². The molecule has 0 N–H and O–H groups in total. The van der Waals surface area contributed by atoms with E-state index in [0.717, 1.165) is 9.50 Å². The van der Waals surface area contributed by atoms with Crippen molar-refractivity contribution in [2.24, 2.45) is 0 Å². The maximum atomic E-state index is 6.01. The molecule has 0 spiro atoms. The molecule has 0 bridgehead atoms. The molecule has 110 valence electrons. The van der Waals surface area contributed by atoms with Gasteiger partial charge in [0.15, 0.2) is 0 Å². The second-order valence-corrected chi connectivity index (χ2v) is 7.10. The van der Waals surface area contributed by atoms with Gasteiger partial charge in [0.05, 0.1) is 0 Å². The van der Waals surface area contributed by atoms with Crippen molar-refractivity contribution in [1.29, 1.82) is 0 Å². The quantitative estimate of drug-likeness (QED) is 0.428. The van der Waals surface area contributed by atoms with Gasteiger partial charge >= 0.3 is 0 Å². The summed E-state index contributed by atoms with van der Waals surface area (Å²) >= 11 is 11.4.